The number of carbonyl (C=O) groups is 2. The Hall–Kier alpha value is -2.63. The number of anilines is 1. The van der Waals surface area contributed by atoms with Crippen molar-refractivity contribution >= 4 is 17.6 Å². The number of amides is 2. The highest BCUT2D eigenvalue weighted by molar-refractivity contribution is 5.99. The Morgan fingerprint density at radius 2 is 1.88 bits per heavy atom. The zero-order chi connectivity index (χ0) is 18.2. The first-order valence-electron chi connectivity index (χ1n) is 8.58. The quantitative estimate of drug-likeness (QED) is 0.744. The van der Waals surface area contributed by atoms with Gasteiger partial charge in [-0.2, -0.15) is 0 Å². The molecule has 0 fully saturated rings. The van der Waals surface area contributed by atoms with Gasteiger partial charge in [0.25, 0.3) is 5.91 Å². The third-order valence-corrected chi connectivity index (χ3v) is 3.85. The van der Waals surface area contributed by atoms with Crippen molar-refractivity contribution in [1.29, 1.82) is 0 Å². The minimum Gasteiger partial charge on any atom is -0.360 e. The van der Waals surface area contributed by atoms with Crippen molar-refractivity contribution in [2.45, 2.75) is 40.0 Å². The van der Waals surface area contributed by atoms with Crippen molar-refractivity contribution in [1.82, 2.24) is 10.1 Å². The molecule has 0 atom stereocenters. The van der Waals surface area contributed by atoms with Crippen LogP contribution in [0.4, 0.5) is 5.82 Å². The Bertz CT molecular complexity index is 707. The second-order valence-electron chi connectivity index (χ2n) is 6.17. The van der Waals surface area contributed by atoms with Crippen LogP contribution in [0, 0.1) is 13.8 Å². The number of hydrogen-bond acceptors (Lipinski definition) is 4. The standard InChI is InChI=1S/C19H25N3O3/c1-4-5-6-11-22(19(24)16-9-7-14(2)8-10-16)13-18(23)20-17-12-15(3)25-21-17/h7-10,12H,4-6,11,13H2,1-3H3,(H,20,21,23). The predicted molar refractivity (Wildman–Crippen MR) is 96.5 cm³/mol. The van der Waals surface area contributed by atoms with Gasteiger partial charge in [-0.05, 0) is 32.4 Å². The summed E-state index contributed by atoms with van der Waals surface area (Å²) in [5, 5.41) is 6.40. The molecule has 0 saturated carbocycles. The monoisotopic (exact) mass is 343 g/mol. The summed E-state index contributed by atoms with van der Waals surface area (Å²) in [4.78, 5) is 26.6. The van der Waals surface area contributed by atoms with Gasteiger partial charge < -0.3 is 14.7 Å². The molecule has 0 aliphatic heterocycles. The molecule has 0 bridgehead atoms. The summed E-state index contributed by atoms with van der Waals surface area (Å²) >= 11 is 0. The molecular formula is C19H25N3O3. The smallest absolute Gasteiger partial charge is 0.254 e. The number of carbonyl (C=O) groups excluding carboxylic acids is 2. The van der Waals surface area contributed by atoms with Crippen molar-refractivity contribution < 1.29 is 14.1 Å². The van der Waals surface area contributed by atoms with Gasteiger partial charge in [0.15, 0.2) is 5.82 Å². The van der Waals surface area contributed by atoms with Crippen molar-refractivity contribution in [2.75, 3.05) is 18.4 Å². The second kappa shape index (κ2) is 9.01. The van der Waals surface area contributed by atoms with E-state index in [1.807, 2.05) is 19.1 Å². The maximum atomic E-state index is 12.8. The lowest BCUT2D eigenvalue weighted by molar-refractivity contribution is -0.117. The number of aromatic nitrogens is 1. The fourth-order valence-corrected chi connectivity index (χ4v) is 2.46. The molecule has 1 aromatic carbocycles. The average molecular weight is 343 g/mol. The molecule has 1 N–H and O–H groups in total. The van der Waals surface area contributed by atoms with Gasteiger partial charge in [-0.3, -0.25) is 9.59 Å². The van der Waals surface area contributed by atoms with Gasteiger partial charge in [0.1, 0.15) is 12.3 Å². The van der Waals surface area contributed by atoms with E-state index in [1.165, 1.54) is 0 Å². The Kier molecular flexibility index (Phi) is 6.74. The minimum atomic E-state index is -0.287. The lowest BCUT2D eigenvalue weighted by atomic mass is 10.1. The summed E-state index contributed by atoms with van der Waals surface area (Å²) < 4.78 is 4.93. The molecule has 0 unspecified atom stereocenters. The highest BCUT2D eigenvalue weighted by Crippen LogP contribution is 2.11. The third-order valence-electron chi connectivity index (χ3n) is 3.85. The summed E-state index contributed by atoms with van der Waals surface area (Å²) in [5.74, 6) is 0.553. The van der Waals surface area contributed by atoms with Gasteiger partial charge in [0.05, 0.1) is 0 Å². The first-order valence-corrected chi connectivity index (χ1v) is 8.58. The molecule has 0 spiro atoms. The van der Waals surface area contributed by atoms with Gasteiger partial charge in [-0.15, -0.1) is 0 Å². The fourth-order valence-electron chi connectivity index (χ4n) is 2.46. The molecule has 2 aromatic rings. The van der Waals surface area contributed by atoms with E-state index in [-0.39, 0.29) is 18.4 Å². The fraction of sp³-hybridized carbons (Fsp3) is 0.421. The molecule has 0 saturated heterocycles. The summed E-state index contributed by atoms with van der Waals surface area (Å²) in [6.07, 6.45) is 2.93. The number of hydrogen-bond donors (Lipinski definition) is 1. The first kappa shape index (κ1) is 18.7. The Morgan fingerprint density at radius 3 is 2.48 bits per heavy atom. The van der Waals surface area contributed by atoms with Crippen LogP contribution < -0.4 is 5.32 Å². The van der Waals surface area contributed by atoms with Crippen LogP contribution in [0.15, 0.2) is 34.9 Å². The SMILES string of the molecule is CCCCCN(CC(=O)Nc1cc(C)on1)C(=O)c1ccc(C)cc1. The largest absolute Gasteiger partial charge is 0.360 e. The molecule has 2 amide bonds. The average Bonchev–Trinajstić information content (AvgIpc) is 2.99. The van der Waals surface area contributed by atoms with E-state index in [1.54, 1.807) is 30.0 Å². The predicted octanol–water partition coefficient (Wildman–Crippen LogP) is 3.56. The molecule has 1 heterocycles. The van der Waals surface area contributed by atoms with E-state index in [9.17, 15) is 9.59 Å². The highest BCUT2D eigenvalue weighted by Gasteiger charge is 2.19. The summed E-state index contributed by atoms with van der Waals surface area (Å²) in [7, 11) is 0. The van der Waals surface area contributed by atoms with Crippen LogP contribution in [0.25, 0.3) is 0 Å². The van der Waals surface area contributed by atoms with Gasteiger partial charge in [-0.1, -0.05) is 42.6 Å². The molecule has 134 valence electrons. The summed E-state index contributed by atoms with van der Waals surface area (Å²) in [6.45, 7) is 6.36. The molecule has 1 aromatic heterocycles. The van der Waals surface area contributed by atoms with Crippen LogP contribution in [-0.4, -0.2) is 35.0 Å². The molecular weight excluding hydrogens is 318 g/mol. The molecule has 0 aliphatic rings. The highest BCUT2D eigenvalue weighted by atomic mass is 16.5. The van der Waals surface area contributed by atoms with Crippen molar-refractivity contribution in [2.24, 2.45) is 0 Å². The van der Waals surface area contributed by atoms with Crippen molar-refractivity contribution in [3.8, 4) is 0 Å². The number of nitrogens with one attached hydrogen (secondary N) is 1. The van der Waals surface area contributed by atoms with Crippen LogP contribution >= 0.6 is 0 Å². The third kappa shape index (κ3) is 5.74. The summed E-state index contributed by atoms with van der Waals surface area (Å²) in [5.41, 5.74) is 1.68. The number of benzene rings is 1. The van der Waals surface area contributed by atoms with Crippen LogP contribution in [0.5, 0.6) is 0 Å². The van der Waals surface area contributed by atoms with E-state index in [2.05, 4.69) is 17.4 Å². The van der Waals surface area contributed by atoms with E-state index < -0.39 is 0 Å². The Labute approximate surface area is 148 Å². The molecule has 0 aliphatic carbocycles. The lowest BCUT2D eigenvalue weighted by Gasteiger charge is -2.22. The van der Waals surface area contributed by atoms with Crippen molar-refractivity contribution in [3.05, 3.63) is 47.2 Å². The Morgan fingerprint density at radius 1 is 1.16 bits per heavy atom. The normalized spacial score (nSPS) is 10.5. The topological polar surface area (TPSA) is 75.4 Å². The number of aryl methyl sites for hydroxylation is 2. The van der Waals surface area contributed by atoms with Gasteiger partial charge >= 0.3 is 0 Å². The lowest BCUT2D eigenvalue weighted by Crippen LogP contribution is -2.38. The molecule has 25 heavy (non-hydrogen) atoms. The van der Waals surface area contributed by atoms with Crippen molar-refractivity contribution in [3.63, 3.8) is 0 Å². The zero-order valence-corrected chi connectivity index (χ0v) is 15.0. The summed E-state index contributed by atoms with van der Waals surface area (Å²) in [6, 6.07) is 9.03. The maximum absolute atomic E-state index is 12.8. The van der Waals surface area contributed by atoms with Gasteiger partial charge in [-0.25, -0.2) is 0 Å². The number of rotatable bonds is 8. The van der Waals surface area contributed by atoms with Crippen LogP contribution in [0.1, 0.15) is 47.9 Å². The van der Waals surface area contributed by atoms with Gasteiger partial charge in [0, 0.05) is 18.2 Å². The van der Waals surface area contributed by atoms with Crippen LogP contribution in [-0.2, 0) is 4.79 Å². The zero-order valence-electron chi connectivity index (χ0n) is 15.0. The van der Waals surface area contributed by atoms with Gasteiger partial charge in [0.2, 0.25) is 5.91 Å². The van der Waals surface area contributed by atoms with Crippen LogP contribution in [0.2, 0.25) is 0 Å². The number of nitrogens with zero attached hydrogens (tertiary/aromatic N) is 2. The second-order valence-corrected chi connectivity index (χ2v) is 6.17. The molecule has 6 heteroatoms. The van der Waals surface area contributed by atoms with E-state index in [4.69, 9.17) is 4.52 Å². The Balaban J connectivity index is 2.04. The van der Waals surface area contributed by atoms with E-state index in [0.29, 0.717) is 23.7 Å². The maximum Gasteiger partial charge on any atom is 0.254 e. The minimum absolute atomic E-state index is 0.0116. The molecule has 6 nitrogen and oxygen atoms in total. The number of unbranched alkanes of at least 4 members (excludes halogenated alkanes) is 2. The van der Waals surface area contributed by atoms with E-state index in [0.717, 1.165) is 24.8 Å². The first-order chi connectivity index (χ1) is 12.0. The van der Waals surface area contributed by atoms with E-state index >= 15 is 0 Å². The molecule has 0 radical (unpaired) electrons. The van der Waals surface area contributed by atoms with Crippen LogP contribution in [0.3, 0.4) is 0 Å². The molecule has 2 rings (SSSR count).